The molecule has 0 aliphatic heterocycles. The third-order valence-corrected chi connectivity index (χ3v) is 3.28. The maximum absolute atomic E-state index is 5.96. The van der Waals surface area contributed by atoms with Gasteiger partial charge in [0.15, 0.2) is 0 Å². The van der Waals surface area contributed by atoms with E-state index < -0.39 is 0 Å². The van der Waals surface area contributed by atoms with Gasteiger partial charge in [-0.1, -0.05) is 100 Å². The van der Waals surface area contributed by atoms with Gasteiger partial charge in [0.25, 0.3) is 0 Å². The highest BCUT2D eigenvalue weighted by molar-refractivity contribution is 5.85. The normalized spacial score (nSPS) is 10.4. The molecular weight excluding hydrogens is 416 g/mol. The zero-order valence-electron chi connectivity index (χ0n) is 21.0. The number of aryl methyl sites for hydroxylation is 1. The molecule has 0 aliphatic rings. The summed E-state index contributed by atoms with van der Waals surface area (Å²) in [4.78, 5) is 0. The Hall–Kier alpha value is -2.69. The van der Waals surface area contributed by atoms with E-state index in [1.807, 2.05) is 69.5 Å². The van der Waals surface area contributed by atoms with Crippen molar-refractivity contribution < 1.29 is 0 Å². The first-order valence-electron chi connectivity index (χ1n) is 10.9. The van der Waals surface area contributed by atoms with Crippen molar-refractivity contribution in [1.29, 1.82) is 0 Å². The predicted octanol–water partition coefficient (Wildman–Crippen LogP) is 6.28. The first-order chi connectivity index (χ1) is 14.9. The van der Waals surface area contributed by atoms with Crippen LogP contribution in [0.5, 0.6) is 0 Å². The minimum absolute atomic E-state index is 0. The lowest BCUT2D eigenvalue weighted by Gasteiger charge is -2.01. The highest BCUT2D eigenvalue weighted by Crippen LogP contribution is 2.07. The molecule has 0 unspecified atom stereocenters. The largest absolute Gasteiger partial charge is 0.398 e. The highest BCUT2D eigenvalue weighted by Gasteiger charge is 1.94. The number of nitrogens with one attached hydrogen (secondary N) is 1. The third-order valence-electron chi connectivity index (χ3n) is 3.28. The van der Waals surface area contributed by atoms with E-state index in [9.17, 15) is 0 Å². The van der Waals surface area contributed by atoms with Crippen molar-refractivity contribution in [2.45, 2.75) is 47.5 Å². The molecule has 0 saturated carbocycles. The van der Waals surface area contributed by atoms with E-state index in [2.05, 4.69) is 50.9 Å². The van der Waals surface area contributed by atoms with Crippen LogP contribution in [0.3, 0.4) is 0 Å². The van der Waals surface area contributed by atoms with Gasteiger partial charge in [-0.3, -0.25) is 0 Å². The highest BCUT2D eigenvalue weighted by atomic mass is 35.5. The molecule has 182 valence electrons. The topological polar surface area (TPSA) is 90.1 Å². The van der Waals surface area contributed by atoms with Crippen molar-refractivity contribution in [3.8, 4) is 0 Å². The predicted molar refractivity (Wildman–Crippen MR) is 150 cm³/mol. The molecule has 0 atom stereocenters. The van der Waals surface area contributed by atoms with E-state index in [0.717, 1.165) is 25.0 Å². The molecule has 1 rings (SSSR count). The second kappa shape index (κ2) is 30.5. The first-order valence-corrected chi connectivity index (χ1v) is 10.9. The maximum atomic E-state index is 5.96. The molecular formula is C27H47ClN4. The summed E-state index contributed by atoms with van der Waals surface area (Å²) < 4.78 is 0. The van der Waals surface area contributed by atoms with Crippen molar-refractivity contribution in [2.24, 2.45) is 17.2 Å². The third kappa shape index (κ3) is 29.5. The second-order valence-electron chi connectivity index (χ2n) is 6.06. The zero-order chi connectivity index (χ0) is 24.3. The van der Waals surface area contributed by atoms with Crippen LogP contribution < -0.4 is 22.5 Å². The number of allylic oxidation sites excluding steroid dienone is 7. The van der Waals surface area contributed by atoms with E-state index >= 15 is 0 Å². The zero-order valence-corrected chi connectivity index (χ0v) is 21.8. The fourth-order valence-corrected chi connectivity index (χ4v) is 1.68. The number of likely N-dealkylation sites (N-methyl/N-ethyl adjacent to an activating group) is 1. The summed E-state index contributed by atoms with van der Waals surface area (Å²) in [5, 5.41) is 3.04. The van der Waals surface area contributed by atoms with Gasteiger partial charge in [-0.15, -0.1) is 19.0 Å². The van der Waals surface area contributed by atoms with Crippen molar-refractivity contribution in [3.05, 3.63) is 108 Å². The number of hydrogen-bond donors (Lipinski definition) is 4. The monoisotopic (exact) mass is 462 g/mol. The molecule has 0 amide bonds. The minimum Gasteiger partial charge on any atom is -0.398 e. The molecule has 32 heavy (non-hydrogen) atoms. The smallest absolute Gasteiger partial charge is 0.0934 e. The SMILES string of the molecule is C=CCC.CC.CC/C=C/C=C(\C=C\CNC)C(/N)=C/C=C(N)N.Cc1ccccc1.Cl. The molecule has 0 aliphatic carbocycles. The summed E-state index contributed by atoms with van der Waals surface area (Å²) in [6, 6.07) is 10.3. The van der Waals surface area contributed by atoms with Gasteiger partial charge in [0.2, 0.25) is 0 Å². The Morgan fingerprint density at radius 2 is 1.50 bits per heavy atom. The van der Waals surface area contributed by atoms with Crippen LogP contribution in [-0.2, 0) is 0 Å². The van der Waals surface area contributed by atoms with Crippen LogP contribution in [0.25, 0.3) is 0 Å². The van der Waals surface area contributed by atoms with Crippen LogP contribution in [-0.4, -0.2) is 13.6 Å². The number of halogens is 1. The Morgan fingerprint density at radius 1 is 0.938 bits per heavy atom. The number of benzene rings is 1. The van der Waals surface area contributed by atoms with Crippen molar-refractivity contribution in [3.63, 3.8) is 0 Å². The van der Waals surface area contributed by atoms with Gasteiger partial charge in [-0.05, 0) is 44.5 Å². The molecule has 0 saturated heterocycles. The van der Waals surface area contributed by atoms with Gasteiger partial charge in [-0.2, -0.15) is 0 Å². The molecule has 5 heteroatoms. The van der Waals surface area contributed by atoms with Gasteiger partial charge in [0.05, 0.1) is 5.82 Å². The van der Waals surface area contributed by atoms with Crippen LogP contribution >= 0.6 is 12.4 Å². The molecule has 0 heterocycles. The summed E-state index contributed by atoms with van der Waals surface area (Å²) in [5.41, 5.74) is 19.6. The molecule has 7 N–H and O–H groups in total. The molecule has 1 aromatic carbocycles. The van der Waals surface area contributed by atoms with Crippen molar-refractivity contribution in [2.75, 3.05) is 13.6 Å². The van der Waals surface area contributed by atoms with Gasteiger partial charge in [0.1, 0.15) is 0 Å². The van der Waals surface area contributed by atoms with Crippen LogP contribution in [0.2, 0.25) is 0 Å². The van der Waals surface area contributed by atoms with Crippen LogP contribution in [0.1, 0.15) is 46.1 Å². The summed E-state index contributed by atoms with van der Waals surface area (Å²) in [6.07, 6.45) is 17.2. The van der Waals surface area contributed by atoms with Crippen molar-refractivity contribution in [1.82, 2.24) is 5.32 Å². The van der Waals surface area contributed by atoms with E-state index in [1.165, 1.54) is 5.56 Å². The summed E-state index contributed by atoms with van der Waals surface area (Å²) in [5.74, 6) is 0.237. The quantitative estimate of drug-likeness (QED) is 0.270. The van der Waals surface area contributed by atoms with Gasteiger partial charge < -0.3 is 22.5 Å². The fraction of sp³-hybridized carbons (Fsp3) is 0.333. The van der Waals surface area contributed by atoms with Crippen LogP contribution in [0, 0.1) is 6.92 Å². The molecule has 1 aromatic rings. The fourth-order valence-electron chi connectivity index (χ4n) is 1.68. The lowest BCUT2D eigenvalue weighted by molar-refractivity contribution is 0.919. The van der Waals surface area contributed by atoms with Gasteiger partial charge in [-0.25, -0.2) is 0 Å². The molecule has 0 aromatic heterocycles. The number of rotatable bonds is 8. The molecule has 0 fully saturated rings. The van der Waals surface area contributed by atoms with Crippen LogP contribution in [0.4, 0.5) is 0 Å². The Balaban J connectivity index is -0.000000229. The lowest BCUT2D eigenvalue weighted by Crippen LogP contribution is -2.08. The van der Waals surface area contributed by atoms with E-state index in [0.29, 0.717) is 5.70 Å². The molecule has 4 nitrogen and oxygen atoms in total. The summed E-state index contributed by atoms with van der Waals surface area (Å²) in [6.45, 7) is 14.5. The Kier molecular flexibility index (Phi) is 35.0. The number of hydrogen-bond acceptors (Lipinski definition) is 4. The number of nitrogens with two attached hydrogens (primary N) is 3. The van der Waals surface area contributed by atoms with E-state index in [-0.39, 0.29) is 18.2 Å². The Labute approximate surface area is 204 Å². The van der Waals surface area contributed by atoms with Crippen molar-refractivity contribution >= 4 is 12.4 Å². The Bertz CT molecular complexity index is 668. The average molecular weight is 463 g/mol. The van der Waals surface area contributed by atoms with Crippen LogP contribution in [0.15, 0.2) is 103 Å². The van der Waals surface area contributed by atoms with E-state index in [4.69, 9.17) is 17.2 Å². The van der Waals surface area contributed by atoms with Gasteiger partial charge >= 0.3 is 0 Å². The lowest BCUT2D eigenvalue weighted by atomic mass is 10.1. The molecule has 0 spiro atoms. The average Bonchev–Trinajstić information content (AvgIpc) is 2.79. The van der Waals surface area contributed by atoms with Gasteiger partial charge in [0, 0.05) is 12.2 Å². The standard InChI is InChI=1S/C14H24N4.C7H8.C4H8.C2H6.ClH/c1-3-4-5-7-12(8-6-11-18-2)13(15)9-10-14(16)17;1-7-5-3-2-4-6-7;1-3-4-2;1-2;/h4-10,18H,3,11,15-17H2,1-2H3;2-6H,1H3;3H,1,4H2,2H3;1-2H3;1H/b5-4+,8-6+,12-7+,13-9-;;;;. The van der Waals surface area contributed by atoms with E-state index in [1.54, 1.807) is 12.2 Å². The summed E-state index contributed by atoms with van der Waals surface area (Å²) >= 11 is 0. The minimum atomic E-state index is 0. The maximum Gasteiger partial charge on any atom is 0.0934 e. The Morgan fingerprint density at radius 3 is 1.88 bits per heavy atom. The first kappa shape index (κ1) is 36.7. The molecule has 0 radical (unpaired) electrons. The molecule has 0 bridgehead atoms. The second-order valence-corrected chi connectivity index (χ2v) is 6.06. The summed E-state index contributed by atoms with van der Waals surface area (Å²) in [7, 11) is 1.89.